The van der Waals surface area contributed by atoms with Gasteiger partial charge in [-0.05, 0) is 117 Å². The second kappa shape index (κ2) is 9.70. The Morgan fingerprint density at radius 3 is 2.18 bits per heavy atom. The molecule has 1 heterocycles. The molecule has 8 heteroatoms. The molecule has 0 aromatic heterocycles. The molecular formula is C31H33ClN2O5. The largest absolute Gasteiger partial charge is 0.493 e. The number of benzene rings is 2. The number of hydrogen-bond acceptors (Lipinski definition) is 5. The molecule has 0 radical (unpaired) electrons. The lowest BCUT2D eigenvalue weighted by Crippen LogP contribution is -2.54. The van der Waals surface area contributed by atoms with Crippen LogP contribution in [0.5, 0.6) is 11.5 Å². The third kappa shape index (κ3) is 4.61. The second-order valence-corrected chi connectivity index (χ2v) is 12.3. The van der Waals surface area contributed by atoms with Gasteiger partial charge in [-0.25, -0.2) is 9.69 Å². The first-order valence-corrected chi connectivity index (χ1v) is 14.1. The number of rotatable bonds is 6. The van der Waals surface area contributed by atoms with Gasteiger partial charge in [0.2, 0.25) is 0 Å². The molecule has 2 aromatic rings. The molecule has 7 rings (SSSR count). The number of hydrogen-bond donors (Lipinski definition) is 1. The minimum atomic E-state index is -0.763. The van der Waals surface area contributed by atoms with Crippen molar-refractivity contribution in [2.45, 2.75) is 63.9 Å². The van der Waals surface area contributed by atoms with Crippen LogP contribution in [-0.4, -0.2) is 31.1 Å². The Balaban J connectivity index is 1.28. The van der Waals surface area contributed by atoms with Gasteiger partial charge in [0.05, 0.1) is 23.9 Å². The quantitative estimate of drug-likeness (QED) is 0.340. The number of nitrogens with zero attached hydrogens (tertiary/aromatic N) is 1. The van der Waals surface area contributed by atoms with Crippen LogP contribution in [-0.2, 0) is 15.0 Å². The Labute approximate surface area is 233 Å². The van der Waals surface area contributed by atoms with Crippen LogP contribution in [0.25, 0.3) is 6.08 Å². The Bertz CT molecular complexity index is 1340. The molecule has 0 unspecified atom stereocenters. The molecule has 4 amide bonds. The summed E-state index contributed by atoms with van der Waals surface area (Å²) in [5, 5.41) is 2.59. The van der Waals surface area contributed by atoms with E-state index in [1.54, 1.807) is 12.1 Å². The number of ether oxygens (including phenoxy) is 2. The van der Waals surface area contributed by atoms with E-state index in [0.29, 0.717) is 22.7 Å². The zero-order valence-electron chi connectivity index (χ0n) is 22.5. The average Bonchev–Trinajstić information content (AvgIpc) is 2.87. The van der Waals surface area contributed by atoms with Crippen LogP contribution < -0.4 is 19.7 Å². The Morgan fingerprint density at radius 2 is 1.62 bits per heavy atom. The van der Waals surface area contributed by atoms with Crippen LogP contribution in [0.15, 0.2) is 42.0 Å². The third-order valence-corrected chi connectivity index (χ3v) is 9.07. The molecule has 4 aliphatic carbocycles. The Hall–Kier alpha value is -3.32. The minimum Gasteiger partial charge on any atom is -0.493 e. The average molecular weight is 549 g/mol. The normalized spacial score (nSPS) is 28.8. The summed E-state index contributed by atoms with van der Waals surface area (Å²) in [5.41, 5.74) is 2.24. The summed E-state index contributed by atoms with van der Waals surface area (Å²) < 4.78 is 11.2. The molecule has 0 spiro atoms. The Morgan fingerprint density at radius 1 is 1.00 bits per heavy atom. The number of nitrogens with one attached hydrogen (secondary N) is 1. The molecule has 7 nitrogen and oxygen atoms in total. The highest BCUT2D eigenvalue weighted by atomic mass is 35.5. The number of amides is 4. The predicted octanol–water partition coefficient (Wildman–Crippen LogP) is 6.27. The van der Waals surface area contributed by atoms with E-state index >= 15 is 0 Å². The number of halogens is 1. The molecule has 4 bridgehead atoms. The summed E-state index contributed by atoms with van der Waals surface area (Å²) in [5.74, 6) is 1.77. The van der Waals surface area contributed by atoms with Crippen LogP contribution >= 0.6 is 11.6 Å². The standard InChI is InChI=1S/C31H33ClN2O5/c1-17(2)39-27-25(32)12-18(13-26(27)38-3)11-24-28(35)33-30(37)34(29(24)36)23-6-4-22(5-7-23)31-14-19-8-20(15-31)10-21(9-19)16-31/h4-7,11-13,17,19-21H,8-10,14-16H2,1-3H3,(H,33,35,37)/b24-11+. The second-order valence-electron chi connectivity index (χ2n) is 11.9. The molecule has 5 fully saturated rings. The van der Waals surface area contributed by atoms with E-state index in [4.69, 9.17) is 21.1 Å². The molecule has 204 valence electrons. The number of barbiturate groups is 1. The highest BCUT2D eigenvalue weighted by Crippen LogP contribution is 2.60. The zero-order chi connectivity index (χ0) is 27.5. The van der Waals surface area contributed by atoms with E-state index in [9.17, 15) is 14.4 Å². The third-order valence-electron chi connectivity index (χ3n) is 8.79. The highest BCUT2D eigenvalue weighted by Gasteiger charge is 2.51. The van der Waals surface area contributed by atoms with Crippen molar-refractivity contribution in [3.8, 4) is 11.5 Å². The van der Waals surface area contributed by atoms with Crippen LogP contribution in [0.2, 0.25) is 5.02 Å². The lowest BCUT2D eigenvalue weighted by atomic mass is 9.48. The molecule has 2 aromatic carbocycles. The Kier molecular flexibility index (Phi) is 6.45. The van der Waals surface area contributed by atoms with E-state index in [1.807, 2.05) is 26.0 Å². The van der Waals surface area contributed by atoms with Crippen molar-refractivity contribution in [1.82, 2.24) is 5.32 Å². The summed E-state index contributed by atoms with van der Waals surface area (Å²) in [6.45, 7) is 3.75. The van der Waals surface area contributed by atoms with Crippen LogP contribution in [0, 0.1) is 17.8 Å². The molecule has 1 aliphatic heterocycles. The molecular weight excluding hydrogens is 516 g/mol. The zero-order valence-corrected chi connectivity index (χ0v) is 23.2. The van der Waals surface area contributed by atoms with Gasteiger partial charge in [-0.1, -0.05) is 23.7 Å². The molecule has 0 atom stereocenters. The summed E-state index contributed by atoms with van der Waals surface area (Å²) in [6, 6.07) is 10.3. The SMILES string of the molecule is COc1cc(/C=C2\C(=O)NC(=O)N(c3ccc(C45CC6CC(CC(C6)C4)C5)cc3)C2=O)cc(Cl)c1OC(C)C. The smallest absolute Gasteiger partial charge is 0.335 e. The van der Waals surface area contributed by atoms with E-state index < -0.39 is 17.8 Å². The monoisotopic (exact) mass is 548 g/mol. The van der Waals surface area contributed by atoms with Crippen molar-refractivity contribution in [2.24, 2.45) is 17.8 Å². The van der Waals surface area contributed by atoms with Crippen molar-refractivity contribution in [3.63, 3.8) is 0 Å². The molecule has 5 aliphatic rings. The first-order valence-electron chi connectivity index (χ1n) is 13.7. The maximum Gasteiger partial charge on any atom is 0.335 e. The fraction of sp³-hybridized carbons (Fsp3) is 0.452. The van der Waals surface area contributed by atoms with Crippen LogP contribution in [0.1, 0.15) is 63.5 Å². The summed E-state index contributed by atoms with van der Waals surface area (Å²) in [6.07, 6.45) is 9.09. The fourth-order valence-corrected chi connectivity index (χ4v) is 7.92. The number of anilines is 1. The van der Waals surface area contributed by atoms with Gasteiger partial charge in [-0.2, -0.15) is 0 Å². The summed E-state index contributed by atoms with van der Waals surface area (Å²) >= 11 is 6.44. The highest BCUT2D eigenvalue weighted by molar-refractivity contribution is 6.39. The van der Waals surface area contributed by atoms with Gasteiger partial charge in [0.15, 0.2) is 11.5 Å². The summed E-state index contributed by atoms with van der Waals surface area (Å²) in [7, 11) is 1.49. The molecule has 39 heavy (non-hydrogen) atoms. The maximum atomic E-state index is 13.5. The van der Waals surface area contributed by atoms with Crippen LogP contribution in [0.3, 0.4) is 0 Å². The van der Waals surface area contributed by atoms with Crippen LogP contribution in [0.4, 0.5) is 10.5 Å². The van der Waals surface area contributed by atoms with Crippen molar-refractivity contribution in [1.29, 1.82) is 0 Å². The topological polar surface area (TPSA) is 84.9 Å². The lowest BCUT2D eigenvalue weighted by molar-refractivity contribution is -0.122. The van der Waals surface area contributed by atoms with E-state index in [1.165, 1.54) is 57.3 Å². The first kappa shape index (κ1) is 25.9. The minimum absolute atomic E-state index is 0.125. The first-order chi connectivity index (χ1) is 18.7. The van der Waals surface area contributed by atoms with Crippen molar-refractivity contribution >= 4 is 41.2 Å². The van der Waals surface area contributed by atoms with Gasteiger partial charge >= 0.3 is 6.03 Å². The van der Waals surface area contributed by atoms with E-state index in [2.05, 4.69) is 17.4 Å². The lowest BCUT2D eigenvalue weighted by Gasteiger charge is -2.57. The van der Waals surface area contributed by atoms with Gasteiger partial charge in [-0.15, -0.1) is 0 Å². The van der Waals surface area contributed by atoms with Crippen molar-refractivity contribution in [3.05, 3.63) is 58.1 Å². The van der Waals surface area contributed by atoms with E-state index in [-0.39, 0.29) is 22.1 Å². The van der Waals surface area contributed by atoms with Gasteiger partial charge < -0.3 is 9.47 Å². The molecule has 1 N–H and O–H groups in total. The summed E-state index contributed by atoms with van der Waals surface area (Å²) in [4.78, 5) is 40.1. The number of methoxy groups -OCH3 is 1. The maximum absolute atomic E-state index is 13.5. The van der Waals surface area contributed by atoms with Crippen molar-refractivity contribution < 1.29 is 23.9 Å². The number of imide groups is 2. The number of urea groups is 1. The molecule has 1 saturated heterocycles. The van der Waals surface area contributed by atoms with Gasteiger partial charge in [0.1, 0.15) is 5.57 Å². The van der Waals surface area contributed by atoms with Gasteiger partial charge in [0.25, 0.3) is 11.8 Å². The van der Waals surface area contributed by atoms with Crippen molar-refractivity contribution in [2.75, 3.05) is 12.0 Å². The number of carbonyl (C=O) groups excluding carboxylic acids is 3. The molecule has 4 saturated carbocycles. The fourth-order valence-electron chi connectivity index (χ4n) is 7.66. The predicted molar refractivity (Wildman–Crippen MR) is 149 cm³/mol. The number of carbonyl (C=O) groups is 3. The van der Waals surface area contributed by atoms with Gasteiger partial charge in [0, 0.05) is 0 Å². The van der Waals surface area contributed by atoms with E-state index in [0.717, 1.165) is 22.7 Å². The van der Waals surface area contributed by atoms with Gasteiger partial charge in [-0.3, -0.25) is 14.9 Å².